The molecule has 0 radical (unpaired) electrons. The molecule has 0 unspecified atom stereocenters. The topological polar surface area (TPSA) is 80.1 Å². The van der Waals surface area contributed by atoms with Gasteiger partial charge >= 0.3 is 0 Å². The van der Waals surface area contributed by atoms with Crippen LogP contribution < -0.4 is 10.2 Å². The fourth-order valence-corrected chi connectivity index (χ4v) is 6.36. The van der Waals surface area contributed by atoms with Crippen LogP contribution >= 0.6 is 23.5 Å². The van der Waals surface area contributed by atoms with Gasteiger partial charge in [0.1, 0.15) is 0 Å². The van der Waals surface area contributed by atoms with Crippen molar-refractivity contribution in [3.05, 3.63) is 90.3 Å². The van der Waals surface area contributed by atoms with E-state index in [2.05, 4.69) is 15.5 Å². The van der Waals surface area contributed by atoms with Gasteiger partial charge in [-0.3, -0.25) is 14.5 Å². The van der Waals surface area contributed by atoms with Crippen molar-refractivity contribution in [2.45, 2.75) is 48.3 Å². The van der Waals surface area contributed by atoms with E-state index in [0.717, 1.165) is 21.2 Å². The molecular formula is C29H29N5O2S2. The summed E-state index contributed by atoms with van der Waals surface area (Å²) in [5.41, 5.74) is 2.38. The van der Waals surface area contributed by atoms with Crippen LogP contribution in [0.5, 0.6) is 0 Å². The molecule has 194 valence electrons. The van der Waals surface area contributed by atoms with Gasteiger partial charge in [0.25, 0.3) is 5.91 Å². The minimum absolute atomic E-state index is 0.0276. The fraction of sp³-hybridized carbons (Fsp3) is 0.241. The van der Waals surface area contributed by atoms with Gasteiger partial charge in [-0.25, -0.2) is 0 Å². The van der Waals surface area contributed by atoms with E-state index >= 15 is 0 Å². The minimum Gasteiger partial charge on any atom is -0.342 e. The molecule has 5 rings (SSSR count). The number of carbonyl (C=O) groups excluding carboxylic acids is 2. The second-order valence-corrected chi connectivity index (χ2v) is 11.2. The number of nitrogens with one attached hydrogen (secondary N) is 1. The standard InChI is InChI=1S/C29H29N5O2S2/c1-4-33-27(26(19(2)3)30-28(36)20-12-6-5-7-13-20)31-32-29(33)37-18-25(35)34-21-14-8-10-16-23(21)38-24-17-11-9-15-22(24)34/h5-17,19,26H,4,18H2,1-3H3,(H,30,36)/t26-/m0/s1. The molecule has 0 bridgehead atoms. The van der Waals surface area contributed by atoms with Crippen molar-refractivity contribution in [3.8, 4) is 0 Å². The molecule has 1 aliphatic rings. The molecule has 2 amide bonds. The van der Waals surface area contributed by atoms with Gasteiger partial charge < -0.3 is 9.88 Å². The second-order valence-electron chi connectivity index (χ2n) is 9.20. The van der Waals surface area contributed by atoms with E-state index in [1.165, 1.54) is 11.8 Å². The van der Waals surface area contributed by atoms with Crippen molar-refractivity contribution in [2.24, 2.45) is 5.92 Å². The van der Waals surface area contributed by atoms with Gasteiger partial charge in [0.05, 0.1) is 23.2 Å². The van der Waals surface area contributed by atoms with Crippen LogP contribution in [-0.2, 0) is 11.3 Å². The Balaban J connectivity index is 1.36. The van der Waals surface area contributed by atoms with Crippen LogP contribution in [0.25, 0.3) is 0 Å². The number of thioether (sulfide) groups is 1. The zero-order valence-electron chi connectivity index (χ0n) is 21.5. The van der Waals surface area contributed by atoms with Crippen molar-refractivity contribution in [2.75, 3.05) is 10.7 Å². The zero-order chi connectivity index (χ0) is 26.6. The van der Waals surface area contributed by atoms with Gasteiger partial charge in [0, 0.05) is 21.9 Å². The molecule has 9 heteroatoms. The van der Waals surface area contributed by atoms with Crippen LogP contribution in [0.2, 0.25) is 0 Å². The van der Waals surface area contributed by atoms with Crippen LogP contribution in [0, 0.1) is 5.92 Å². The first-order chi connectivity index (χ1) is 18.5. The zero-order valence-corrected chi connectivity index (χ0v) is 23.1. The van der Waals surface area contributed by atoms with Gasteiger partial charge in [-0.05, 0) is 49.2 Å². The number of fused-ring (bicyclic) bond motifs is 2. The average Bonchev–Trinajstić information content (AvgIpc) is 3.35. The number of anilines is 2. The molecule has 7 nitrogen and oxygen atoms in total. The summed E-state index contributed by atoms with van der Waals surface area (Å²) in [6.45, 7) is 6.73. The number of hydrogen-bond acceptors (Lipinski definition) is 6. The van der Waals surface area contributed by atoms with Crippen molar-refractivity contribution in [1.29, 1.82) is 0 Å². The number of carbonyl (C=O) groups is 2. The van der Waals surface area contributed by atoms with Crippen LogP contribution in [0.3, 0.4) is 0 Å². The smallest absolute Gasteiger partial charge is 0.251 e. The molecule has 1 N–H and O–H groups in total. The number of amides is 2. The maximum Gasteiger partial charge on any atom is 0.251 e. The van der Waals surface area contributed by atoms with Gasteiger partial charge in [-0.2, -0.15) is 0 Å². The van der Waals surface area contributed by atoms with E-state index in [-0.39, 0.29) is 29.5 Å². The summed E-state index contributed by atoms with van der Waals surface area (Å²) in [5, 5.41) is 12.7. The van der Waals surface area contributed by atoms with Crippen molar-refractivity contribution in [3.63, 3.8) is 0 Å². The molecule has 0 fully saturated rings. The van der Waals surface area contributed by atoms with E-state index < -0.39 is 0 Å². The highest BCUT2D eigenvalue weighted by molar-refractivity contribution is 8.00. The molecule has 0 spiro atoms. The van der Waals surface area contributed by atoms with E-state index in [1.807, 2.05) is 92.1 Å². The Kier molecular flexibility index (Phi) is 7.85. The number of benzene rings is 3. The van der Waals surface area contributed by atoms with Gasteiger partial charge in [-0.1, -0.05) is 79.8 Å². The third-order valence-electron chi connectivity index (χ3n) is 6.34. The summed E-state index contributed by atoms with van der Waals surface area (Å²) in [6.07, 6.45) is 0. The van der Waals surface area contributed by atoms with Gasteiger partial charge in [0.2, 0.25) is 5.91 Å². The van der Waals surface area contributed by atoms with E-state index in [9.17, 15) is 9.59 Å². The predicted molar refractivity (Wildman–Crippen MR) is 152 cm³/mol. The quantitative estimate of drug-likeness (QED) is 0.261. The molecule has 0 aliphatic carbocycles. The lowest BCUT2D eigenvalue weighted by molar-refractivity contribution is -0.115. The summed E-state index contributed by atoms with van der Waals surface area (Å²) in [6, 6.07) is 24.8. The molecule has 3 aromatic carbocycles. The molecule has 1 aliphatic heterocycles. The highest BCUT2D eigenvalue weighted by atomic mass is 32.2. The Morgan fingerprint density at radius 3 is 2.11 bits per heavy atom. The largest absolute Gasteiger partial charge is 0.342 e. The molecule has 4 aromatic rings. The lowest BCUT2D eigenvalue weighted by Crippen LogP contribution is -2.33. The van der Waals surface area contributed by atoms with Gasteiger partial charge in [-0.15, -0.1) is 10.2 Å². The average molecular weight is 544 g/mol. The lowest BCUT2D eigenvalue weighted by Gasteiger charge is -2.31. The van der Waals surface area contributed by atoms with Crippen LogP contribution in [0.15, 0.2) is 93.8 Å². The summed E-state index contributed by atoms with van der Waals surface area (Å²) in [7, 11) is 0. The molecule has 0 saturated heterocycles. The Labute approximate surface area is 231 Å². The van der Waals surface area contributed by atoms with Crippen LogP contribution in [0.4, 0.5) is 11.4 Å². The Hall–Kier alpha value is -3.56. The second kappa shape index (κ2) is 11.4. The minimum atomic E-state index is -0.321. The number of hydrogen-bond donors (Lipinski definition) is 1. The van der Waals surface area contributed by atoms with Crippen LogP contribution in [0.1, 0.15) is 43.0 Å². The number of aromatic nitrogens is 3. The normalized spacial score (nSPS) is 13.1. The lowest BCUT2D eigenvalue weighted by atomic mass is 10.0. The van der Waals surface area contributed by atoms with Crippen molar-refractivity contribution >= 4 is 46.7 Å². The van der Waals surface area contributed by atoms with Crippen LogP contribution in [-0.4, -0.2) is 32.3 Å². The number of para-hydroxylation sites is 2. The Bertz CT molecular complexity index is 1410. The van der Waals surface area contributed by atoms with Gasteiger partial charge in [0.15, 0.2) is 11.0 Å². The maximum atomic E-state index is 13.6. The maximum absolute atomic E-state index is 13.6. The number of nitrogens with zero attached hydrogens (tertiary/aromatic N) is 4. The Morgan fingerprint density at radius 1 is 0.895 bits per heavy atom. The molecule has 1 aromatic heterocycles. The highest BCUT2D eigenvalue weighted by Gasteiger charge is 2.29. The van der Waals surface area contributed by atoms with E-state index in [4.69, 9.17) is 0 Å². The first-order valence-electron chi connectivity index (χ1n) is 12.6. The first-order valence-corrected chi connectivity index (χ1v) is 14.4. The van der Waals surface area contributed by atoms with Crippen molar-refractivity contribution in [1.82, 2.24) is 20.1 Å². The molecule has 38 heavy (non-hydrogen) atoms. The van der Waals surface area contributed by atoms with Crippen molar-refractivity contribution < 1.29 is 9.59 Å². The van der Waals surface area contributed by atoms with E-state index in [1.54, 1.807) is 28.8 Å². The van der Waals surface area contributed by atoms with E-state index in [0.29, 0.717) is 23.1 Å². The monoisotopic (exact) mass is 543 g/mol. The fourth-order valence-electron chi connectivity index (χ4n) is 4.44. The summed E-state index contributed by atoms with van der Waals surface area (Å²) < 4.78 is 1.99. The molecular weight excluding hydrogens is 514 g/mol. The third-order valence-corrected chi connectivity index (χ3v) is 8.42. The predicted octanol–water partition coefficient (Wildman–Crippen LogP) is 6.35. The molecule has 2 heterocycles. The summed E-state index contributed by atoms with van der Waals surface area (Å²) >= 11 is 3.04. The molecule has 0 saturated carbocycles. The SMILES string of the molecule is CCn1c(SCC(=O)N2c3ccccc3Sc3ccccc32)nnc1[C@@H](NC(=O)c1ccccc1)C(C)C. The third kappa shape index (κ3) is 5.21. The summed E-state index contributed by atoms with van der Waals surface area (Å²) in [4.78, 5) is 30.4. The Morgan fingerprint density at radius 2 is 1.50 bits per heavy atom. The highest BCUT2D eigenvalue weighted by Crippen LogP contribution is 2.48. The first kappa shape index (κ1) is 26.1. The molecule has 1 atom stereocenters. The summed E-state index contributed by atoms with van der Waals surface area (Å²) in [5.74, 6) is 0.802. The number of rotatable bonds is 8.